The maximum Gasteiger partial charge on any atom is 0.294 e. The highest BCUT2D eigenvalue weighted by Crippen LogP contribution is 2.41. The third-order valence-electron chi connectivity index (χ3n) is 5.51. The number of rotatable bonds is 6. The quantitative estimate of drug-likeness (QED) is 0.170. The maximum atomic E-state index is 13.2. The number of methoxy groups -OCH3 is 1. The summed E-state index contributed by atoms with van der Waals surface area (Å²) in [6.07, 6.45) is 0. The lowest BCUT2D eigenvalue weighted by Crippen LogP contribution is -2.13. The maximum absolute atomic E-state index is 13.2. The van der Waals surface area contributed by atoms with Crippen molar-refractivity contribution in [2.45, 2.75) is 11.8 Å². The molecule has 0 fully saturated rings. The topological polar surface area (TPSA) is 138 Å². The molecule has 4 aromatic carbocycles. The minimum atomic E-state index is -4.57. The van der Waals surface area contributed by atoms with Gasteiger partial charge in [0.15, 0.2) is 5.75 Å². The summed E-state index contributed by atoms with van der Waals surface area (Å²) in [5.74, 6) is -0.827. The SMILES string of the molecule is COc1cccc(Cl)c1NC(=O)c1cc2ccccc2c(N=Nc2cc(Cl)cc(S(=O)(=O)O)c2C)c1O. The third kappa shape index (κ3) is 5.37. The molecule has 0 spiro atoms. The number of halogens is 2. The van der Waals surface area contributed by atoms with Crippen LogP contribution in [0, 0.1) is 6.92 Å². The number of para-hydroxylation sites is 1. The van der Waals surface area contributed by atoms with Gasteiger partial charge in [0.2, 0.25) is 0 Å². The summed E-state index contributed by atoms with van der Waals surface area (Å²) in [5, 5.41) is 23.2. The average molecular weight is 560 g/mol. The van der Waals surface area contributed by atoms with Gasteiger partial charge in [-0.25, -0.2) is 0 Å². The van der Waals surface area contributed by atoms with Crippen molar-refractivity contribution in [1.29, 1.82) is 0 Å². The van der Waals surface area contributed by atoms with Gasteiger partial charge in [-0.2, -0.15) is 13.5 Å². The number of fused-ring (bicyclic) bond motifs is 1. The second-order valence-electron chi connectivity index (χ2n) is 7.84. The molecule has 0 heterocycles. The molecule has 4 rings (SSSR count). The Labute approximate surface area is 222 Å². The molecule has 0 saturated carbocycles. The van der Waals surface area contributed by atoms with Crippen LogP contribution in [0.4, 0.5) is 17.1 Å². The standard InChI is InChI=1S/C25H19Cl2N3O6S/c1-13-19(11-15(26)12-21(13)37(33,34)35)29-30-22-16-7-4-3-6-14(16)10-17(24(22)31)25(32)28-23-18(27)8-5-9-20(23)36-2/h3-12,31H,1-2H3,(H,28,32)(H,33,34,35). The second-order valence-corrected chi connectivity index (χ2v) is 10.1. The lowest BCUT2D eigenvalue weighted by atomic mass is 10.0. The zero-order chi connectivity index (χ0) is 26.9. The number of anilines is 1. The number of carbonyl (C=O) groups excluding carboxylic acids is 1. The highest BCUT2D eigenvalue weighted by Gasteiger charge is 2.21. The van der Waals surface area contributed by atoms with Crippen molar-refractivity contribution in [2.75, 3.05) is 12.4 Å². The Morgan fingerprint density at radius 2 is 1.76 bits per heavy atom. The largest absolute Gasteiger partial charge is 0.505 e. The summed E-state index contributed by atoms with van der Waals surface area (Å²) >= 11 is 12.3. The van der Waals surface area contributed by atoms with E-state index >= 15 is 0 Å². The van der Waals surface area contributed by atoms with Crippen LogP contribution < -0.4 is 10.1 Å². The molecule has 0 aliphatic heterocycles. The van der Waals surface area contributed by atoms with Gasteiger partial charge < -0.3 is 15.2 Å². The number of hydrogen-bond acceptors (Lipinski definition) is 7. The van der Waals surface area contributed by atoms with E-state index in [0.717, 1.165) is 6.07 Å². The molecule has 0 unspecified atom stereocenters. The molecule has 0 aliphatic carbocycles. The Kier molecular flexibility index (Phi) is 7.37. The highest BCUT2D eigenvalue weighted by atomic mass is 35.5. The molecule has 37 heavy (non-hydrogen) atoms. The third-order valence-corrected chi connectivity index (χ3v) is 7.02. The average Bonchev–Trinajstić information content (AvgIpc) is 2.85. The van der Waals surface area contributed by atoms with E-state index in [4.69, 9.17) is 27.9 Å². The molecule has 0 radical (unpaired) electrons. The number of aromatic hydroxyl groups is 1. The Balaban J connectivity index is 1.84. The van der Waals surface area contributed by atoms with Gasteiger partial charge in [0.25, 0.3) is 16.0 Å². The molecule has 9 nitrogen and oxygen atoms in total. The van der Waals surface area contributed by atoms with Crippen molar-refractivity contribution >= 4 is 67.1 Å². The molecule has 0 aliphatic rings. The van der Waals surface area contributed by atoms with Crippen molar-refractivity contribution in [3.63, 3.8) is 0 Å². The summed E-state index contributed by atoms with van der Waals surface area (Å²) in [4.78, 5) is 12.8. The number of azo groups is 1. The van der Waals surface area contributed by atoms with E-state index in [9.17, 15) is 22.9 Å². The smallest absolute Gasteiger partial charge is 0.294 e. The zero-order valence-corrected chi connectivity index (χ0v) is 21.7. The van der Waals surface area contributed by atoms with Crippen LogP contribution in [0.2, 0.25) is 10.0 Å². The molecule has 0 aromatic heterocycles. The van der Waals surface area contributed by atoms with Gasteiger partial charge >= 0.3 is 0 Å². The summed E-state index contributed by atoms with van der Waals surface area (Å²) in [7, 11) is -3.14. The lowest BCUT2D eigenvalue weighted by Gasteiger charge is -2.14. The van der Waals surface area contributed by atoms with Gasteiger partial charge in [0.1, 0.15) is 22.0 Å². The van der Waals surface area contributed by atoms with E-state index in [1.165, 1.54) is 26.2 Å². The molecule has 190 valence electrons. The molecule has 12 heteroatoms. The van der Waals surface area contributed by atoms with E-state index in [1.807, 2.05) is 0 Å². The van der Waals surface area contributed by atoms with Crippen molar-refractivity contribution in [1.82, 2.24) is 0 Å². The Morgan fingerprint density at radius 1 is 1.03 bits per heavy atom. The number of ether oxygens (including phenoxy) is 1. The number of nitrogens with one attached hydrogen (secondary N) is 1. The van der Waals surface area contributed by atoms with Crippen molar-refractivity contribution in [3.05, 3.63) is 81.8 Å². The fraction of sp³-hybridized carbons (Fsp3) is 0.0800. The first-order valence-electron chi connectivity index (χ1n) is 10.6. The first kappa shape index (κ1) is 26.4. The predicted octanol–water partition coefficient (Wildman–Crippen LogP) is 7.08. The normalized spacial score (nSPS) is 11.7. The van der Waals surface area contributed by atoms with Gasteiger partial charge in [0.05, 0.1) is 23.4 Å². The van der Waals surface area contributed by atoms with Crippen LogP contribution in [0.1, 0.15) is 15.9 Å². The Bertz CT molecular complexity index is 1690. The fourth-order valence-electron chi connectivity index (χ4n) is 3.68. The van der Waals surface area contributed by atoms with Crippen LogP contribution in [0.25, 0.3) is 10.8 Å². The van der Waals surface area contributed by atoms with E-state index in [0.29, 0.717) is 16.5 Å². The number of phenols is 1. The second kappa shape index (κ2) is 10.3. The minimum Gasteiger partial charge on any atom is -0.505 e. The Hall–Kier alpha value is -3.70. The van der Waals surface area contributed by atoms with Gasteiger partial charge in [-0.1, -0.05) is 53.5 Å². The van der Waals surface area contributed by atoms with Crippen LogP contribution in [0.15, 0.2) is 75.8 Å². The van der Waals surface area contributed by atoms with Gasteiger partial charge in [-0.15, -0.1) is 5.11 Å². The summed E-state index contributed by atoms with van der Waals surface area (Å²) in [6, 6.07) is 15.7. The highest BCUT2D eigenvalue weighted by molar-refractivity contribution is 7.85. The monoisotopic (exact) mass is 559 g/mol. The van der Waals surface area contributed by atoms with E-state index in [1.54, 1.807) is 42.5 Å². The molecule has 3 N–H and O–H groups in total. The number of phenolic OH excluding ortho intramolecular Hbond substituents is 1. The van der Waals surface area contributed by atoms with Crippen molar-refractivity contribution < 1.29 is 27.6 Å². The summed E-state index contributed by atoms with van der Waals surface area (Å²) < 4.78 is 38.2. The molecule has 0 saturated heterocycles. The lowest BCUT2D eigenvalue weighted by molar-refractivity contribution is 0.102. The van der Waals surface area contributed by atoms with Gasteiger partial charge in [0, 0.05) is 10.4 Å². The van der Waals surface area contributed by atoms with E-state index < -0.39 is 26.7 Å². The molecule has 4 aromatic rings. The van der Waals surface area contributed by atoms with E-state index in [2.05, 4.69) is 15.5 Å². The van der Waals surface area contributed by atoms with E-state index in [-0.39, 0.29) is 38.2 Å². The fourth-order valence-corrected chi connectivity index (χ4v) is 4.94. The number of hydrogen-bond donors (Lipinski definition) is 3. The van der Waals surface area contributed by atoms with Crippen LogP contribution in [0.5, 0.6) is 11.5 Å². The number of amides is 1. The Morgan fingerprint density at radius 3 is 2.46 bits per heavy atom. The first-order valence-corrected chi connectivity index (χ1v) is 12.8. The van der Waals surface area contributed by atoms with Crippen LogP contribution in [-0.2, 0) is 10.1 Å². The number of nitrogens with zero attached hydrogens (tertiary/aromatic N) is 2. The molecular weight excluding hydrogens is 541 g/mol. The molecule has 0 bridgehead atoms. The van der Waals surface area contributed by atoms with Crippen molar-refractivity contribution in [3.8, 4) is 11.5 Å². The summed E-state index contributed by atoms with van der Waals surface area (Å²) in [5.41, 5.74) is 0.205. The van der Waals surface area contributed by atoms with Crippen LogP contribution in [-0.4, -0.2) is 31.1 Å². The minimum absolute atomic E-state index is 0.00284. The van der Waals surface area contributed by atoms with Crippen LogP contribution >= 0.6 is 23.2 Å². The number of benzene rings is 4. The summed E-state index contributed by atoms with van der Waals surface area (Å²) in [6.45, 7) is 1.42. The first-order chi connectivity index (χ1) is 17.5. The predicted molar refractivity (Wildman–Crippen MR) is 142 cm³/mol. The van der Waals surface area contributed by atoms with Gasteiger partial charge in [-0.05, 0) is 48.2 Å². The van der Waals surface area contributed by atoms with Crippen LogP contribution in [0.3, 0.4) is 0 Å². The van der Waals surface area contributed by atoms with Gasteiger partial charge in [-0.3, -0.25) is 9.35 Å². The molecule has 1 amide bonds. The zero-order valence-electron chi connectivity index (χ0n) is 19.4. The number of carbonyl (C=O) groups is 1. The molecular formula is C25H19Cl2N3O6S. The van der Waals surface area contributed by atoms with Crippen molar-refractivity contribution in [2.24, 2.45) is 10.2 Å². The molecule has 0 atom stereocenters.